The molecule has 0 radical (unpaired) electrons. The number of pyridine rings is 1. The summed E-state index contributed by atoms with van der Waals surface area (Å²) in [6.45, 7) is 3.50. The van der Waals surface area contributed by atoms with E-state index in [2.05, 4.69) is 5.32 Å². The van der Waals surface area contributed by atoms with E-state index in [4.69, 9.17) is 14.6 Å². The van der Waals surface area contributed by atoms with Crippen LogP contribution < -0.4 is 20.6 Å². The van der Waals surface area contributed by atoms with Crippen LogP contribution in [0.2, 0.25) is 0 Å². The van der Waals surface area contributed by atoms with Crippen LogP contribution in [0.25, 0.3) is 10.9 Å². The van der Waals surface area contributed by atoms with Crippen LogP contribution in [0.3, 0.4) is 0 Å². The number of hydrogen-bond donors (Lipinski definition) is 3. The average molecular weight is 621 g/mol. The van der Waals surface area contributed by atoms with Gasteiger partial charge in [-0.1, -0.05) is 18.2 Å². The average Bonchev–Trinajstić information content (AvgIpc) is 3.37. The molecule has 4 N–H and O–H groups in total. The Hall–Kier alpha value is -2.85. The van der Waals surface area contributed by atoms with Gasteiger partial charge in [-0.15, -0.1) is 0 Å². The Labute approximate surface area is 245 Å². The van der Waals surface area contributed by atoms with Crippen molar-refractivity contribution in [2.75, 3.05) is 32.8 Å². The van der Waals surface area contributed by atoms with E-state index in [0.717, 1.165) is 0 Å². The second-order valence-corrected chi connectivity index (χ2v) is 14.3. The highest BCUT2D eigenvalue weighted by Crippen LogP contribution is 2.37. The van der Waals surface area contributed by atoms with Crippen LogP contribution in [0.15, 0.2) is 69.3 Å². The summed E-state index contributed by atoms with van der Waals surface area (Å²) in [5.41, 5.74) is -0.268. The minimum absolute atomic E-state index is 0.0363. The highest BCUT2D eigenvalue weighted by Gasteiger charge is 2.45. The second kappa shape index (κ2) is 12.0. The van der Waals surface area contributed by atoms with Crippen molar-refractivity contribution in [2.45, 2.75) is 60.3 Å². The quantitative estimate of drug-likeness (QED) is 0.299. The molecule has 0 amide bonds. The predicted octanol–water partition coefficient (Wildman–Crippen LogP) is 1.01. The van der Waals surface area contributed by atoms with E-state index in [-0.39, 0.29) is 47.8 Å². The maximum Gasteiger partial charge on any atom is 0.248 e. The number of aryl methyl sites for hydroxylation is 1. The van der Waals surface area contributed by atoms with E-state index in [1.54, 1.807) is 22.8 Å². The minimum Gasteiger partial charge on any atom is -0.491 e. The number of primary sulfonamides is 1. The number of aliphatic hydroxyl groups excluding tert-OH is 1. The summed E-state index contributed by atoms with van der Waals surface area (Å²) in [5.74, 6) is 0.280. The van der Waals surface area contributed by atoms with Gasteiger partial charge < -0.3 is 24.5 Å². The number of para-hydroxylation sites is 1. The smallest absolute Gasteiger partial charge is 0.248 e. The van der Waals surface area contributed by atoms with Gasteiger partial charge in [-0.3, -0.25) is 4.79 Å². The third kappa shape index (κ3) is 6.39. The van der Waals surface area contributed by atoms with E-state index in [9.17, 15) is 26.7 Å². The van der Waals surface area contributed by atoms with Gasteiger partial charge in [0.15, 0.2) is 0 Å². The van der Waals surface area contributed by atoms with Crippen molar-refractivity contribution >= 4 is 30.9 Å². The van der Waals surface area contributed by atoms with Crippen molar-refractivity contribution in [2.24, 2.45) is 5.14 Å². The summed E-state index contributed by atoms with van der Waals surface area (Å²) in [4.78, 5) is 12.9. The van der Waals surface area contributed by atoms with E-state index in [1.165, 1.54) is 28.7 Å². The molecule has 2 aliphatic heterocycles. The first kappa shape index (κ1) is 30.6. The molecule has 2 saturated heterocycles. The topological polar surface area (TPSA) is 170 Å². The lowest BCUT2D eigenvalue weighted by atomic mass is 9.88. The fraction of sp³-hybridized carbons (Fsp3) is 0.464. The van der Waals surface area contributed by atoms with Crippen LogP contribution >= 0.6 is 0 Å². The van der Waals surface area contributed by atoms with Gasteiger partial charge in [-0.2, -0.15) is 4.31 Å². The molecule has 1 spiro atoms. The normalized spacial score (nSPS) is 20.2. The zero-order valence-corrected chi connectivity index (χ0v) is 24.9. The van der Waals surface area contributed by atoms with Crippen LogP contribution in [0, 0.1) is 0 Å². The van der Waals surface area contributed by atoms with Gasteiger partial charge in [0.25, 0.3) is 0 Å². The summed E-state index contributed by atoms with van der Waals surface area (Å²) in [5, 5.41) is 19.2. The summed E-state index contributed by atoms with van der Waals surface area (Å²) in [6, 6.07) is 12.7. The lowest BCUT2D eigenvalue weighted by Gasteiger charge is -2.38. The first-order valence-corrected chi connectivity index (χ1v) is 16.8. The Bertz CT molecular complexity index is 1720. The number of piperidine rings is 1. The summed E-state index contributed by atoms with van der Waals surface area (Å²) in [6.07, 6.45) is 2.23. The number of sulfonamides is 2. The van der Waals surface area contributed by atoms with Gasteiger partial charge in [0, 0.05) is 49.9 Å². The molecule has 5 rings (SSSR count). The Morgan fingerprint density at radius 3 is 2.60 bits per heavy atom. The molecule has 1 aromatic heterocycles. The maximum atomic E-state index is 13.6. The highest BCUT2D eigenvalue weighted by molar-refractivity contribution is 7.89. The Morgan fingerprint density at radius 1 is 1.14 bits per heavy atom. The molecule has 2 unspecified atom stereocenters. The molecule has 0 saturated carbocycles. The van der Waals surface area contributed by atoms with Crippen LogP contribution in [-0.2, 0) is 31.3 Å². The Morgan fingerprint density at radius 2 is 1.88 bits per heavy atom. The fourth-order valence-electron chi connectivity index (χ4n) is 5.66. The van der Waals surface area contributed by atoms with Crippen molar-refractivity contribution in [1.82, 2.24) is 14.2 Å². The van der Waals surface area contributed by atoms with Gasteiger partial charge in [0.05, 0.1) is 22.6 Å². The van der Waals surface area contributed by atoms with Crippen LogP contribution in [0.5, 0.6) is 5.75 Å². The molecule has 0 aliphatic carbocycles. The number of hydrogen-bond acceptors (Lipinski definition) is 9. The molecule has 12 nitrogen and oxygen atoms in total. The van der Waals surface area contributed by atoms with E-state index < -0.39 is 37.2 Å². The van der Waals surface area contributed by atoms with Gasteiger partial charge in [0.2, 0.25) is 25.5 Å². The largest absolute Gasteiger partial charge is 0.491 e. The van der Waals surface area contributed by atoms with Crippen molar-refractivity contribution in [1.29, 1.82) is 0 Å². The molecule has 2 atom stereocenters. The molecule has 2 aliphatic rings. The number of nitrogens with one attached hydrogen (secondary N) is 1. The molecule has 228 valence electrons. The van der Waals surface area contributed by atoms with Crippen LogP contribution in [0.4, 0.5) is 0 Å². The van der Waals surface area contributed by atoms with Crippen molar-refractivity contribution in [3.05, 3.63) is 65.0 Å². The number of aromatic nitrogens is 1. The van der Waals surface area contributed by atoms with Crippen molar-refractivity contribution in [3.63, 3.8) is 0 Å². The number of ether oxygens (including phenoxy) is 2. The first-order valence-electron chi connectivity index (χ1n) is 13.9. The number of fused-ring (bicyclic) bond motifs is 1. The van der Waals surface area contributed by atoms with Crippen LogP contribution in [-0.4, -0.2) is 81.4 Å². The standard InChI is InChI=1S/C28H36N4O8S2/c1-2-31-17-26(27(34)24-8-3-4-9-25(24)31)42(37,38)32-12-10-28(11-13-32)15-20(18-40-28)30-16-21(33)19-39-22-6-5-7-23(14-22)41(29,35)36/h3-9,14,17,20-21,30,33H,2,10-13,15-16,18-19H2,1H3,(H2,29,35,36). The number of nitrogens with zero attached hydrogens (tertiary/aromatic N) is 2. The van der Waals surface area contributed by atoms with Gasteiger partial charge in [-0.25, -0.2) is 22.0 Å². The molecule has 2 fully saturated rings. The summed E-state index contributed by atoms with van der Waals surface area (Å²) < 4.78 is 65.0. The van der Waals surface area contributed by atoms with Crippen LogP contribution in [0.1, 0.15) is 26.2 Å². The van der Waals surface area contributed by atoms with Gasteiger partial charge >= 0.3 is 0 Å². The lowest BCUT2D eigenvalue weighted by molar-refractivity contribution is -0.0312. The number of rotatable bonds is 10. The molecule has 3 heterocycles. The second-order valence-electron chi connectivity index (χ2n) is 10.8. The molecular formula is C28H36N4O8S2. The number of nitrogens with two attached hydrogens (primary N) is 1. The third-order valence-electron chi connectivity index (χ3n) is 7.97. The first-order chi connectivity index (χ1) is 19.9. The Kier molecular flexibility index (Phi) is 8.77. The third-order valence-corrected chi connectivity index (χ3v) is 10.8. The minimum atomic E-state index is -4.00. The maximum absolute atomic E-state index is 13.6. The summed E-state index contributed by atoms with van der Waals surface area (Å²) >= 11 is 0. The molecule has 42 heavy (non-hydrogen) atoms. The number of benzene rings is 2. The zero-order chi connectivity index (χ0) is 30.1. The molecule has 3 aromatic rings. The lowest BCUT2D eigenvalue weighted by Crippen LogP contribution is -2.47. The molecule has 14 heteroatoms. The Balaban J connectivity index is 1.15. The molecule has 0 bridgehead atoms. The van der Waals surface area contributed by atoms with E-state index in [0.29, 0.717) is 43.3 Å². The number of aliphatic hydroxyl groups is 1. The van der Waals surface area contributed by atoms with Crippen molar-refractivity contribution < 1.29 is 31.4 Å². The van der Waals surface area contributed by atoms with Gasteiger partial charge in [0.1, 0.15) is 23.4 Å². The molecular weight excluding hydrogens is 584 g/mol. The fourth-order valence-corrected chi connectivity index (χ4v) is 7.75. The highest BCUT2D eigenvalue weighted by atomic mass is 32.2. The zero-order valence-electron chi connectivity index (χ0n) is 23.3. The summed E-state index contributed by atoms with van der Waals surface area (Å²) in [7, 11) is -7.85. The van der Waals surface area contributed by atoms with E-state index >= 15 is 0 Å². The van der Waals surface area contributed by atoms with Crippen molar-refractivity contribution in [3.8, 4) is 5.75 Å². The SMILES string of the molecule is CCn1cc(S(=O)(=O)N2CCC3(CC2)CC(NCC(O)COc2cccc(S(N)(=O)=O)c2)CO3)c(=O)c2ccccc21. The van der Waals surface area contributed by atoms with E-state index in [1.807, 2.05) is 19.1 Å². The van der Waals surface area contributed by atoms with Gasteiger partial charge in [-0.05, 0) is 50.5 Å². The molecule has 2 aromatic carbocycles. The predicted molar refractivity (Wildman–Crippen MR) is 156 cm³/mol. The monoisotopic (exact) mass is 620 g/mol.